The summed E-state index contributed by atoms with van der Waals surface area (Å²) >= 11 is 6.24. The van der Waals surface area contributed by atoms with E-state index in [1.807, 2.05) is 46.3 Å². The highest BCUT2D eigenvalue weighted by Gasteiger charge is 2.33. The Kier molecular flexibility index (Phi) is 7.38. The molecule has 1 atom stereocenters. The Hall–Kier alpha value is -3.46. The lowest BCUT2D eigenvalue weighted by Gasteiger charge is -2.38. The van der Waals surface area contributed by atoms with Gasteiger partial charge in [-0.1, -0.05) is 29.8 Å². The van der Waals surface area contributed by atoms with Crippen LogP contribution >= 0.6 is 11.6 Å². The molecule has 3 aromatic rings. The van der Waals surface area contributed by atoms with Gasteiger partial charge in [-0.25, -0.2) is 0 Å². The first-order valence-electron chi connectivity index (χ1n) is 12.6. The molecule has 0 radical (unpaired) electrons. The molecule has 0 N–H and O–H groups in total. The molecule has 3 heterocycles. The average molecular weight is 545 g/mol. The van der Waals surface area contributed by atoms with Crippen LogP contribution in [0.2, 0.25) is 5.02 Å². The van der Waals surface area contributed by atoms with Gasteiger partial charge in [0.2, 0.25) is 11.8 Å². The number of hydrogen-bond donors (Lipinski definition) is 0. The minimum atomic E-state index is -4.40. The molecule has 2 aromatic carbocycles. The number of aromatic nitrogens is 1. The van der Waals surface area contributed by atoms with Crippen LogP contribution in [0.25, 0.3) is 0 Å². The van der Waals surface area contributed by atoms with Crippen molar-refractivity contribution in [3.8, 4) is 0 Å². The lowest BCUT2D eigenvalue weighted by molar-refractivity contribution is -0.138. The number of hydrogen-bond acceptors (Lipinski definition) is 3. The Labute approximate surface area is 224 Å². The molecule has 0 aliphatic carbocycles. The quantitative estimate of drug-likeness (QED) is 0.442. The number of halogens is 4. The average Bonchev–Trinajstić information content (AvgIpc) is 3.40. The Morgan fingerprint density at radius 2 is 1.58 bits per heavy atom. The van der Waals surface area contributed by atoms with Crippen LogP contribution in [-0.2, 0) is 22.3 Å². The summed E-state index contributed by atoms with van der Waals surface area (Å²) in [5, 5.41) is 0.595. The molecule has 0 spiro atoms. The van der Waals surface area contributed by atoms with Gasteiger partial charge >= 0.3 is 6.18 Å². The second-order valence-corrected chi connectivity index (χ2v) is 10.0. The Bertz CT molecular complexity index is 1320. The van der Waals surface area contributed by atoms with Gasteiger partial charge in [-0.15, -0.1) is 0 Å². The number of piperazine rings is 1. The molecule has 5 rings (SSSR count). The first-order valence-corrected chi connectivity index (χ1v) is 13.0. The number of alkyl halides is 3. The van der Waals surface area contributed by atoms with E-state index in [2.05, 4.69) is 4.57 Å². The third kappa shape index (κ3) is 5.53. The molecule has 1 unspecified atom stereocenters. The summed E-state index contributed by atoms with van der Waals surface area (Å²) in [4.78, 5) is 31.6. The van der Waals surface area contributed by atoms with E-state index in [0.29, 0.717) is 50.0 Å². The molecule has 200 valence electrons. The summed E-state index contributed by atoms with van der Waals surface area (Å²) in [7, 11) is 0. The number of nitrogens with zero attached hydrogens (tertiary/aromatic N) is 4. The van der Waals surface area contributed by atoms with Gasteiger partial charge in [0.1, 0.15) is 0 Å². The van der Waals surface area contributed by atoms with Crippen molar-refractivity contribution in [2.24, 2.45) is 0 Å². The Morgan fingerprint density at radius 1 is 0.842 bits per heavy atom. The predicted octanol–water partition coefficient (Wildman–Crippen LogP) is 5.22. The third-order valence-electron chi connectivity index (χ3n) is 7.25. The highest BCUT2D eigenvalue weighted by atomic mass is 35.5. The van der Waals surface area contributed by atoms with Crippen molar-refractivity contribution in [3.63, 3.8) is 0 Å². The fourth-order valence-corrected chi connectivity index (χ4v) is 5.49. The Morgan fingerprint density at radius 3 is 2.32 bits per heavy atom. The van der Waals surface area contributed by atoms with Crippen molar-refractivity contribution in [2.45, 2.75) is 31.6 Å². The van der Waals surface area contributed by atoms with Crippen molar-refractivity contribution in [3.05, 3.63) is 88.7 Å². The van der Waals surface area contributed by atoms with Gasteiger partial charge in [0.05, 0.1) is 11.6 Å². The van der Waals surface area contributed by atoms with Gasteiger partial charge in [-0.05, 0) is 48.0 Å². The molecule has 38 heavy (non-hydrogen) atoms. The fourth-order valence-electron chi connectivity index (χ4n) is 5.29. The lowest BCUT2D eigenvalue weighted by atomic mass is 9.99. The van der Waals surface area contributed by atoms with Crippen LogP contribution in [0, 0.1) is 0 Å². The monoisotopic (exact) mass is 544 g/mol. The summed E-state index contributed by atoms with van der Waals surface area (Å²) in [6.07, 6.45) is -2.23. The van der Waals surface area contributed by atoms with Crippen molar-refractivity contribution >= 4 is 29.1 Å². The van der Waals surface area contributed by atoms with E-state index < -0.39 is 11.7 Å². The van der Waals surface area contributed by atoms with Gasteiger partial charge in [0.15, 0.2) is 0 Å². The molecule has 10 heteroatoms. The summed E-state index contributed by atoms with van der Waals surface area (Å²) in [5.41, 5.74) is 1.73. The van der Waals surface area contributed by atoms with E-state index in [0.717, 1.165) is 23.4 Å². The molecule has 6 nitrogen and oxygen atoms in total. The number of rotatable bonds is 5. The molecule has 2 amide bonds. The second kappa shape index (κ2) is 10.7. The summed E-state index contributed by atoms with van der Waals surface area (Å²) < 4.78 is 41.3. The molecule has 2 aliphatic heterocycles. The molecule has 1 fully saturated rings. The molecular weight excluding hydrogens is 517 g/mol. The normalized spacial score (nSPS) is 17.9. The van der Waals surface area contributed by atoms with E-state index in [9.17, 15) is 22.8 Å². The molecule has 2 aliphatic rings. The van der Waals surface area contributed by atoms with Crippen LogP contribution in [-0.4, -0.2) is 58.9 Å². The molecule has 0 saturated carbocycles. The second-order valence-electron chi connectivity index (χ2n) is 9.59. The molecule has 0 bridgehead atoms. The summed E-state index contributed by atoms with van der Waals surface area (Å²) in [6.45, 7) is 2.86. The highest BCUT2D eigenvalue weighted by Crippen LogP contribution is 2.34. The van der Waals surface area contributed by atoms with Crippen molar-refractivity contribution < 1.29 is 22.8 Å². The maximum absolute atomic E-state index is 13.3. The first-order chi connectivity index (χ1) is 18.2. The van der Waals surface area contributed by atoms with Crippen LogP contribution in [0.3, 0.4) is 0 Å². The number of carbonyl (C=O) groups excluding carboxylic acids is 2. The van der Waals surface area contributed by atoms with Crippen LogP contribution in [0.4, 0.5) is 18.9 Å². The topological polar surface area (TPSA) is 48.8 Å². The predicted molar refractivity (Wildman–Crippen MR) is 139 cm³/mol. The van der Waals surface area contributed by atoms with Gasteiger partial charge in [0, 0.05) is 74.7 Å². The van der Waals surface area contributed by atoms with Crippen molar-refractivity contribution in [1.29, 1.82) is 0 Å². The standard InChI is InChI=1S/C28H28ClF3N4O2/c29-22-6-1-4-20(18-22)27-24-8-3-11-34(24)16-17-36(27)26(38)10-9-25(37)35-14-12-33(13-15-35)23-7-2-5-21(19-23)28(30,31)32/h1-8,11,18-19,27H,9-10,12-17H2. The molecule has 1 saturated heterocycles. The number of amides is 2. The third-order valence-corrected chi connectivity index (χ3v) is 7.48. The van der Waals surface area contributed by atoms with Crippen LogP contribution in [0.1, 0.15) is 35.7 Å². The number of anilines is 1. The van der Waals surface area contributed by atoms with Crippen LogP contribution < -0.4 is 4.90 Å². The zero-order valence-corrected chi connectivity index (χ0v) is 21.5. The number of benzene rings is 2. The minimum Gasteiger partial charge on any atom is -0.368 e. The van der Waals surface area contributed by atoms with E-state index in [-0.39, 0.29) is 30.7 Å². The summed E-state index contributed by atoms with van der Waals surface area (Å²) in [6, 6.07) is 16.4. The van der Waals surface area contributed by atoms with E-state index in [4.69, 9.17) is 11.6 Å². The Balaban J connectivity index is 1.19. The highest BCUT2D eigenvalue weighted by molar-refractivity contribution is 6.30. The van der Waals surface area contributed by atoms with E-state index >= 15 is 0 Å². The lowest BCUT2D eigenvalue weighted by Crippen LogP contribution is -2.49. The number of carbonyl (C=O) groups is 2. The van der Waals surface area contributed by atoms with Gasteiger partial charge in [-0.2, -0.15) is 13.2 Å². The zero-order chi connectivity index (χ0) is 26.9. The molecular formula is C28H28ClF3N4O2. The fraction of sp³-hybridized carbons (Fsp3) is 0.357. The molecule has 1 aromatic heterocycles. The van der Waals surface area contributed by atoms with E-state index in [1.54, 1.807) is 17.0 Å². The van der Waals surface area contributed by atoms with E-state index in [1.165, 1.54) is 6.07 Å². The zero-order valence-electron chi connectivity index (χ0n) is 20.7. The maximum atomic E-state index is 13.3. The van der Waals surface area contributed by atoms with Gasteiger partial charge in [-0.3, -0.25) is 9.59 Å². The summed E-state index contributed by atoms with van der Waals surface area (Å²) in [5.74, 6) is -0.222. The number of fused-ring (bicyclic) bond motifs is 1. The van der Waals surface area contributed by atoms with Gasteiger partial charge < -0.3 is 19.3 Å². The first kappa shape index (κ1) is 26.2. The SMILES string of the molecule is O=C(CCC(=O)N1CCn2cccc2C1c1cccc(Cl)c1)N1CCN(c2cccc(C(F)(F)F)c2)CC1. The van der Waals surface area contributed by atoms with Crippen molar-refractivity contribution in [2.75, 3.05) is 37.6 Å². The van der Waals surface area contributed by atoms with Gasteiger partial charge in [0.25, 0.3) is 0 Å². The van der Waals surface area contributed by atoms with Crippen LogP contribution in [0.5, 0.6) is 0 Å². The van der Waals surface area contributed by atoms with Crippen LogP contribution in [0.15, 0.2) is 66.9 Å². The maximum Gasteiger partial charge on any atom is 0.416 e. The van der Waals surface area contributed by atoms with Crippen molar-refractivity contribution in [1.82, 2.24) is 14.4 Å². The smallest absolute Gasteiger partial charge is 0.368 e. The largest absolute Gasteiger partial charge is 0.416 e. The minimum absolute atomic E-state index is 0.0855.